The van der Waals surface area contributed by atoms with Crippen LogP contribution in [0.25, 0.3) is 16.5 Å². The fourth-order valence-electron chi connectivity index (χ4n) is 5.11. The van der Waals surface area contributed by atoms with Crippen LogP contribution in [0.2, 0.25) is 0 Å². The van der Waals surface area contributed by atoms with Gasteiger partial charge in [-0.2, -0.15) is 0 Å². The molecule has 2 unspecified atom stereocenters. The van der Waals surface area contributed by atoms with Crippen LogP contribution in [0, 0.1) is 5.92 Å². The lowest BCUT2D eigenvalue weighted by atomic mass is 9.79. The molecule has 1 fully saturated rings. The molecule has 6 nitrogen and oxygen atoms in total. The number of fused-ring (bicyclic) bond motifs is 2. The zero-order valence-corrected chi connectivity index (χ0v) is 17.1. The van der Waals surface area contributed by atoms with Crippen LogP contribution in [0.1, 0.15) is 29.3 Å². The van der Waals surface area contributed by atoms with E-state index < -0.39 is 0 Å². The van der Waals surface area contributed by atoms with Crippen LogP contribution in [0.15, 0.2) is 30.5 Å². The predicted octanol–water partition coefficient (Wildman–Crippen LogP) is 2.42. The Balaban J connectivity index is 1.58. The highest BCUT2D eigenvalue weighted by atomic mass is 16.5. The number of hydrogen-bond acceptors (Lipinski definition) is 4. The molecule has 152 valence electrons. The van der Waals surface area contributed by atoms with Gasteiger partial charge in [-0.15, -0.1) is 0 Å². The smallest absolute Gasteiger partial charge is 0.230 e. The molecule has 6 heteroatoms. The number of amides is 1. The van der Waals surface area contributed by atoms with Gasteiger partial charge in [0.05, 0.1) is 24.6 Å². The van der Waals surface area contributed by atoms with Gasteiger partial charge in [-0.25, -0.2) is 0 Å². The van der Waals surface area contributed by atoms with E-state index in [2.05, 4.69) is 24.1 Å². The molecule has 1 aromatic heterocycles. The molecule has 0 bridgehead atoms. The Bertz CT molecular complexity index is 1020. The number of likely N-dealkylation sites (N-methyl/N-ethyl adjacent to an activating group) is 1. The first-order valence-electron chi connectivity index (χ1n) is 10.5. The summed E-state index contributed by atoms with van der Waals surface area (Å²) in [5.74, 6) is 0.175. The number of morpholine rings is 1. The Hall–Kier alpha value is -2.44. The van der Waals surface area contributed by atoms with Crippen LogP contribution in [0.5, 0.6) is 0 Å². The third-order valence-corrected chi connectivity index (χ3v) is 6.60. The van der Waals surface area contributed by atoms with Gasteiger partial charge >= 0.3 is 0 Å². The lowest BCUT2D eigenvalue weighted by Crippen LogP contribution is -2.49. The van der Waals surface area contributed by atoms with Gasteiger partial charge in [0.25, 0.3) is 0 Å². The molecule has 2 aromatic rings. The highest BCUT2D eigenvalue weighted by Crippen LogP contribution is 2.41. The van der Waals surface area contributed by atoms with Gasteiger partial charge in [0.1, 0.15) is 0 Å². The topological polar surface area (TPSA) is 54.8 Å². The van der Waals surface area contributed by atoms with Crippen LogP contribution in [-0.4, -0.2) is 72.1 Å². The van der Waals surface area contributed by atoms with E-state index in [0.29, 0.717) is 32.7 Å². The van der Waals surface area contributed by atoms with Gasteiger partial charge in [0.2, 0.25) is 11.8 Å². The van der Waals surface area contributed by atoms with Crippen molar-refractivity contribution in [1.82, 2.24) is 14.4 Å². The van der Waals surface area contributed by atoms with Crippen LogP contribution in [0.4, 0.5) is 0 Å². The molecule has 1 amide bonds. The van der Waals surface area contributed by atoms with E-state index >= 15 is 0 Å². The number of benzene rings is 1. The summed E-state index contributed by atoms with van der Waals surface area (Å²) >= 11 is 0. The Morgan fingerprint density at radius 3 is 2.76 bits per heavy atom. The molecule has 3 heterocycles. The summed E-state index contributed by atoms with van der Waals surface area (Å²) in [5, 5.41) is 1.17. The molecule has 0 radical (unpaired) electrons. The molecule has 1 saturated heterocycles. The average Bonchev–Trinajstić information content (AvgIpc) is 3.14. The second-order valence-corrected chi connectivity index (χ2v) is 8.30. The molecule has 1 aliphatic carbocycles. The summed E-state index contributed by atoms with van der Waals surface area (Å²) in [4.78, 5) is 29.8. The highest BCUT2D eigenvalue weighted by Gasteiger charge is 2.37. The van der Waals surface area contributed by atoms with Crippen molar-refractivity contribution in [3.8, 4) is 0 Å². The number of ether oxygens (including phenoxy) is 1. The van der Waals surface area contributed by atoms with Crippen molar-refractivity contribution in [1.29, 1.82) is 0 Å². The van der Waals surface area contributed by atoms with E-state index in [9.17, 15) is 9.59 Å². The summed E-state index contributed by atoms with van der Waals surface area (Å²) in [5.41, 5.74) is 4.60. The van der Waals surface area contributed by atoms with Gasteiger partial charge in [0.15, 0.2) is 0 Å². The van der Waals surface area contributed by atoms with E-state index in [1.54, 1.807) is 0 Å². The molecule has 0 saturated carbocycles. The summed E-state index contributed by atoms with van der Waals surface area (Å²) in [6.45, 7) is 5.21. The monoisotopic (exact) mass is 393 g/mol. The Morgan fingerprint density at radius 1 is 1.21 bits per heavy atom. The van der Waals surface area contributed by atoms with Gasteiger partial charge in [-0.1, -0.05) is 25.1 Å². The minimum absolute atomic E-state index is 0.117. The standard InChI is InChI=1S/C23H27N3O3/c1-3-21(27)26-14-15-12-20-18(17-5-4-6-19(26)22(15)17)11-16(13-24(20)2)23(28)25-7-9-29-10-8-25/h4-6,11,14,16,20H,3,7-10,12-13H2,1-2H3. The van der Waals surface area contributed by atoms with E-state index in [-0.39, 0.29) is 23.8 Å². The first kappa shape index (κ1) is 18.6. The number of nitrogens with zero attached hydrogens (tertiary/aromatic N) is 3. The maximum Gasteiger partial charge on any atom is 0.230 e. The largest absolute Gasteiger partial charge is 0.378 e. The molecule has 5 rings (SSSR count). The van der Waals surface area contributed by atoms with Crippen molar-refractivity contribution in [2.75, 3.05) is 39.9 Å². The van der Waals surface area contributed by atoms with E-state index in [1.165, 1.54) is 22.1 Å². The molecule has 0 spiro atoms. The maximum absolute atomic E-state index is 13.1. The van der Waals surface area contributed by atoms with Crippen LogP contribution < -0.4 is 0 Å². The summed E-state index contributed by atoms with van der Waals surface area (Å²) < 4.78 is 7.21. The molecule has 3 aliphatic rings. The number of carbonyl (C=O) groups excluding carboxylic acids is 2. The summed E-state index contributed by atoms with van der Waals surface area (Å²) in [6, 6.07) is 6.44. The maximum atomic E-state index is 13.1. The molecule has 29 heavy (non-hydrogen) atoms. The van der Waals surface area contributed by atoms with Crippen LogP contribution in [-0.2, 0) is 16.0 Å². The second kappa shape index (κ2) is 7.11. The summed E-state index contributed by atoms with van der Waals surface area (Å²) in [7, 11) is 2.11. The zero-order chi connectivity index (χ0) is 20.1. The van der Waals surface area contributed by atoms with Gasteiger partial charge in [-0.3, -0.25) is 19.1 Å². The minimum Gasteiger partial charge on any atom is -0.378 e. The minimum atomic E-state index is -0.138. The highest BCUT2D eigenvalue weighted by molar-refractivity contribution is 6.03. The number of rotatable bonds is 2. The van der Waals surface area contributed by atoms with Crippen molar-refractivity contribution in [3.05, 3.63) is 41.6 Å². The van der Waals surface area contributed by atoms with Crippen LogP contribution >= 0.6 is 0 Å². The third kappa shape index (κ3) is 2.93. The molecule has 2 atom stereocenters. The Kier molecular flexibility index (Phi) is 4.56. The number of carbonyl (C=O) groups is 2. The van der Waals surface area contributed by atoms with Crippen LogP contribution in [0.3, 0.4) is 0 Å². The molecule has 1 aromatic carbocycles. The Labute approximate surface area is 170 Å². The fourth-order valence-corrected chi connectivity index (χ4v) is 5.11. The first-order chi connectivity index (χ1) is 14.1. The molecule has 2 aliphatic heterocycles. The lowest BCUT2D eigenvalue weighted by molar-refractivity contribution is -0.138. The van der Waals surface area contributed by atoms with E-state index in [1.807, 2.05) is 34.7 Å². The third-order valence-electron chi connectivity index (χ3n) is 6.60. The van der Waals surface area contributed by atoms with Crippen molar-refractivity contribution in [2.45, 2.75) is 25.8 Å². The van der Waals surface area contributed by atoms with Crippen molar-refractivity contribution < 1.29 is 14.3 Å². The number of aromatic nitrogens is 1. The quantitative estimate of drug-likeness (QED) is 0.786. The van der Waals surface area contributed by atoms with Gasteiger partial charge < -0.3 is 9.64 Å². The van der Waals surface area contributed by atoms with E-state index in [4.69, 9.17) is 4.74 Å². The van der Waals surface area contributed by atoms with E-state index in [0.717, 1.165) is 18.5 Å². The number of hydrogen-bond donors (Lipinski definition) is 0. The van der Waals surface area contributed by atoms with Gasteiger partial charge in [0, 0.05) is 43.7 Å². The molecular weight excluding hydrogens is 366 g/mol. The molecule has 0 N–H and O–H groups in total. The lowest BCUT2D eigenvalue weighted by Gasteiger charge is -2.41. The zero-order valence-electron chi connectivity index (χ0n) is 17.1. The van der Waals surface area contributed by atoms with Crippen molar-refractivity contribution in [3.63, 3.8) is 0 Å². The average molecular weight is 393 g/mol. The fraction of sp³-hybridized carbons (Fsp3) is 0.478. The van der Waals surface area contributed by atoms with Crippen molar-refractivity contribution in [2.24, 2.45) is 5.92 Å². The Morgan fingerprint density at radius 2 is 2.00 bits per heavy atom. The predicted molar refractivity (Wildman–Crippen MR) is 112 cm³/mol. The second-order valence-electron chi connectivity index (χ2n) is 8.30. The molecular formula is C23H27N3O3. The van der Waals surface area contributed by atoms with Gasteiger partial charge in [-0.05, 0) is 36.2 Å². The SMILES string of the molecule is CCC(=O)n1cc2c3c(cccc31)C1=CC(C(=O)N3CCOCC3)CN(C)C1C2. The summed E-state index contributed by atoms with van der Waals surface area (Å²) in [6.07, 6.45) is 5.57. The first-order valence-corrected chi connectivity index (χ1v) is 10.5. The van der Waals surface area contributed by atoms with Crippen molar-refractivity contribution >= 4 is 28.3 Å². The normalized spacial score (nSPS) is 24.3.